The van der Waals surface area contributed by atoms with Crippen molar-refractivity contribution in [3.05, 3.63) is 64.7 Å². The molecule has 3 aromatic heterocycles. The highest BCUT2D eigenvalue weighted by Gasteiger charge is 2.12. The lowest BCUT2D eigenvalue weighted by atomic mass is 10.2. The van der Waals surface area contributed by atoms with Crippen LogP contribution in [0.3, 0.4) is 0 Å². The first-order valence-electron chi connectivity index (χ1n) is 6.69. The number of nitrogens with zero attached hydrogens (tertiary/aromatic N) is 3. The van der Waals surface area contributed by atoms with E-state index in [0.29, 0.717) is 5.82 Å². The van der Waals surface area contributed by atoms with Crippen LogP contribution >= 0.6 is 11.3 Å². The number of hydrogen-bond donors (Lipinski definition) is 2. The minimum absolute atomic E-state index is 0.142. The second-order valence-corrected chi connectivity index (χ2v) is 5.39. The van der Waals surface area contributed by atoms with Gasteiger partial charge in [-0.25, -0.2) is 9.67 Å². The highest BCUT2D eigenvalue weighted by molar-refractivity contribution is 7.07. The van der Waals surface area contributed by atoms with Crippen molar-refractivity contribution in [2.45, 2.75) is 6.10 Å². The maximum absolute atomic E-state index is 12.1. The van der Waals surface area contributed by atoms with Crippen LogP contribution in [0.5, 0.6) is 0 Å². The van der Waals surface area contributed by atoms with Gasteiger partial charge in [0.1, 0.15) is 5.69 Å². The Morgan fingerprint density at radius 2 is 2.27 bits per heavy atom. The molecule has 0 radical (unpaired) electrons. The van der Waals surface area contributed by atoms with Crippen LogP contribution in [0.25, 0.3) is 5.82 Å². The van der Waals surface area contributed by atoms with Crippen molar-refractivity contribution in [2.75, 3.05) is 6.54 Å². The normalized spacial score (nSPS) is 12.0. The van der Waals surface area contributed by atoms with E-state index in [2.05, 4.69) is 15.4 Å². The van der Waals surface area contributed by atoms with Gasteiger partial charge in [-0.15, -0.1) is 0 Å². The second kappa shape index (κ2) is 6.50. The SMILES string of the molecule is O=C(NCC(O)c1ccsc1)c1cccc(-n2cccn2)n1. The molecule has 0 saturated heterocycles. The molecule has 0 saturated carbocycles. The van der Waals surface area contributed by atoms with Crippen LogP contribution in [0.1, 0.15) is 22.2 Å². The van der Waals surface area contributed by atoms with Gasteiger partial charge in [-0.1, -0.05) is 6.07 Å². The van der Waals surface area contributed by atoms with E-state index in [1.165, 1.54) is 11.3 Å². The lowest BCUT2D eigenvalue weighted by Crippen LogP contribution is -2.29. The molecule has 0 aliphatic rings. The molecule has 3 aromatic rings. The van der Waals surface area contributed by atoms with Crippen molar-refractivity contribution in [2.24, 2.45) is 0 Å². The highest BCUT2D eigenvalue weighted by atomic mass is 32.1. The molecule has 0 aliphatic heterocycles. The number of carbonyl (C=O) groups is 1. The molecule has 6 nitrogen and oxygen atoms in total. The summed E-state index contributed by atoms with van der Waals surface area (Å²) < 4.78 is 1.58. The molecule has 1 amide bonds. The molecule has 0 bridgehead atoms. The Hall–Kier alpha value is -2.51. The number of hydrogen-bond acceptors (Lipinski definition) is 5. The highest BCUT2D eigenvalue weighted by Crippen LogP contribution is 2.15. The average molecular weight is 314 g/mol. The Labute approximate surface area is 131 Å². The summed E-state index contributed by atoms with van der Waals surface area (Å²) in [6.07, 6.45) is 2.68. The molecule has 3 heterocycles. The third kappa shape index (κ3) is 3.21. The van der Waals surface area contributed by atoms with Gasteiger partial charge in [-0.3, -0.25) is 4.79 Å². The van der Waals surface area contributed by atoms with Gasteiger partial charge in [-0.2, -0.15) is 16.4 Å². The number of rotatable bonds is 5. The zero-order valence-corrected chi connectivity index (χ0v) is 12.4. The van der Waals surface area contributed by atoms with E-state index in [1.807, 2.05) is 16.8 Å². The third-order valence-electron chi connectivity index (χ3n) is 3.09. The molecule has 1 atom stereocenters. The fraction of sp³-hybridized carbons (Fsp3) is 0.133. The summed E-state index contributed by atoms with van der Waals surface area (Å²) >= 11 is 1.50. The monoisotopic (exact) mass is 314 g/mol. The van der Waals surface area contributed by atoms with E-state index in [0.717, 1.165) is 5.56 Å². The first-order chi connectivity index (χ1) is 10.7. The van der Waals surface area contributed by atoms with Crippen molar-refractivity contribution in [3.8, 4) is 5.82 Å². The fourth-order valence-corrected chi connectivity index (χ4v) is 2.65. The quantitative estimate of drug-likeness (QED) is 0.752. The molecule has 112 valence electrons. The van der Waals surface area contributed by atoms with Crippen molar-refractivity contribution in [3.63, 3.8) is 0 Å². The zero-order chi connectivity index (χ0) is 15.4. The summed E-state index contributed by atoms with van der Waals surface area (Å²) in [7, 11) is 0. The lowest BCUT2D eigenvalue weighted by molar-refractivity contribution is 0.0911. The number of thiophene rings is 1. The van der Waals surface area contributed by atoms with E-state index in [9.17, 15) is 9.90 Å². The zero-order valence-electron chi connectivity index (χ0n) is 11.6. The number of amides is 1. The summed E-state index contributed by atoms with van der Waals surface area (Å²) in [5, 5.41) is 20.5. The van der Waals surface area contributed by atoms with Crippen LogP contribution < -0.4 is 5.32 Å². The maximum atomic E-state index is 12.1. The van der Waals surface area contributed by atoms with Gasteiger partial charge in [0.2, 0.25) is 0 Å². The fourth-order valence-electron chi connectivity index (χ4n) is 1.94. The molecule has 22 heavy (non-hydrogen) atoms. The summed E-state index contributed by atoms with van der Waals surface area (Å²) in [5.41, 5.74) is 1.08. The van der Waals surface area contributed by atoms with Gasteiger partial charge in [0.05, 0.1) is 6.10 Å². The molecule has 3 rings (SSSR count). The smallest absolute Gasteiger partial charge is 0.270 e. The predicted molar refractivity (Wildman–Crippen MR) is 83.0 cm³/mol. The summed E-state index contributed by atoms with van der Waals surface area (Å²) in [6, 6.07) is 8.75. The van der Waals surface area contributed by atoms with Crippen LogP contribution in [0, 0.1) is 0 Å². The Kier molecular flexibility index (Phi) is 4.27. The predicted octanol–water partition coefficient (Wildman–Crippen LogP) is 1.79. The van der Waals surface area contributed by atoms with Gasteiger partial charge in [0, 0.05) is 18.9 Å². The van der Waals surface area contributed by atoms with E-state index in [-0.39, 0.29) is 18.1 Å². The number of nitrogens with one attached hydrogen (secondary N) is 1. The van der Waals surface area contributed by atoms with Crippen LogP contribution in [-0.2, 0) is 0 Å². The number of aliphatic hydroxyl groups is 1. The number of carbonyl (C=O) groups excluding carboxylic acids is 1. The van der Waals surface area contributed by atoms with Gasteiger partial charge in [0.25, 0.3) is 5.91 Å². The van der Waals surface area contributed by atoms with E-state index >= 15 is 0 Å². The van der Waals surface area contributed by atoms with Crippen molar-refractivity contribution in [1.29, 1.82) is 0 Å². The summed E-state index contributed by atoms with van der Waals surface area (Å²) in [6.45, 7) is 0.142. The van der Waals surface area contributed by atoms with Crippen LogP contribution in [0.4, 0.5) is 0 Å². The molecular formula is C15H14N4O2S. The van der Waals surface area contributed by atoms with Crippen molar-refractivity contribution < 1.29 is 9.90 Å². The van der Waals surface area contributed by atoms with Crippen LogP contribution in [0.2, 0.25) is 0 Å². The first kappa shape index (κ1) is 14.4. The van der Waals surface area contributed by atoms with E-state index in [4.69, 9.17) is 0 Å². The van der Waals surface area contributed by atoms with Gasteiger partial charge in [0.15, 0.2) is 5.82 Å². The van der Waals surface area contributed by atoms with Gasteiger partial charge in [-0.05, 0) is 40.6 Å². The van der Waals surface area contributed by atoms with Crippen LogP contribution in [0.15, 0.2) is 53.5 Å². The standard InChI is InChI=1S/C15H14N4O2S/c20-13(11-5-8-22-10-11)9-16-15(21)12-3-1-4-14(18-12)19-7-2-6-17-19/h1-8,10,13,20H,9H2,(H,16,21). The Morgan fingerprint density at radius 3 is 3.00 bits per heavy atom. The molecule has 7 heteroatoms. The number of aliphatic hydroxyl groups excluding tert-OH is 1. The van der Waals surface area contributed by atoms with Crippen LogP contribution in [-0.4, -0.2) is 32.3 Å². The maximum Gasteiger partial charge on any atom is 0.270 e. The van der Waals surface area contributed by atoms with E-state index < -0.39 is 6.10 Å². The largest absolute Gasteiger partial charge is 0.387 e. The molecule has 0 aliphatic carbocycles. The summed E-state index contributed by atoms with van der Waals surface area (Å²) in [4.78, 5) is 16.4. The van der Waals surface area contributed by atoms with E-state index in [1.54, 1.807) is 41.3 Å². The number of aromatic nitrogens is 3. The third-order valence-corrected chi connectivity index (χ3v) is 3.79. The topological polar surface area (TPSA) is 80.0 Å². The van der Waals surface area contributed by atoms with Crippen molar-refractivity contribution >= 4 is 17.2 Å². The molecular weight excluding hydrogens is 300 g/mol. The minimum atomic E-state index is -0.718. The first-order valence-corrected chi connectivity index (χ1v) is 7.64. The Bertz CT molecular complexity index is 741. The number of pyridine rings is 1. The molecule has 0 aromatic carbocycles. The Balaban J connectivity index is 1.66. The molecule has 0 spiro atoms. The van der Waals surface area contributed by atoms with Gasteiger partial charge < -0.3 is 10.4 Å². The minimum Gasteiger partial charge on any atom is -0.387 e. The Morgan fingerprint density at radius 1 is 1.36 bits per heavy atom. The van der Waals surface area contributed by atoms with Gasteiger partial charge >= 0.3 is 0 Å². The molecule has 1 unspecified atom stereocenters. The average Bonchev–Trinajstić information content (AvgIpc) is 3.25. The molecule has 0 fully saturated rings. The van der Waals surface area contributed by atoms with Crippen molar-refractivity contribution in [1.82, 2.24) is 20.1 Å². The second-order valence-electron chi connectivity index (χ2n) is 4.61. The molecule has 2 N–H and O–H groups in total. The lowest BCUT2D eigenvalue weighted by Gasteiger charge is -2.10. The summed E-state index contributed by atoms with van der Waals surface area (Å²) in [5.74, 6) is 0.235.